The standard InChI is InChI=1S/C14H23NS/c1-14(2,3)13-8-7-12(16-13)11(15)9-10-5-4-6-10/h7-8,10-11H,4-6,9,15H2,1-3H3. The van der Waals surface area contributed by atoms with Crippen molar-refractivity contribution in [1.29, 1.82) is 0 Å². The Kier molecular flexibility index (Phi) is 3.41. The molecule has 0 amide bonds. The molecule has 1 heterocycles. The SMILES string of the molecule is CC(C)(C)c1ccc(C(N)CC2CCC2)s1. The molecule has 2 N–H and O–H groups in total. The predicted octanol–water partition coefficient (Wildman–Crippen LogP) is 4.24. The minimum absolute atomic E-state index is 0.263. The molecule has 0 saturated heterocycles. The fourth-order valence-corrected chi connectivity index (χ4v) is 3.24. The Morgan fingerprint density at radius 1 is 1.38 bits per heavy atom. The smallest absolute Gasteiger partial charge is 0.0392 e. The Bertz CT molecular complexity index is 344. The second-order valence-electron chi connectivity index (χ2n) is 6.09. The molecule has 0 radical (unpaired) electrons. The Labute approximate surface area is 103 Å². The molecule has 0 aromatic carbocycles. The van der Waals surface area contributed by atoms with Gasteiger partial charge in [-0.2, -0.15) is 0 Å². The maximum Gasteiger partial charge on any atom is 0.0392 e. The normalized spacial score (nSPS) is 19.5. The van der Waals surface area contributed by atoms with Crippen LogP contribution >= 0.6 is 11.3 Å². The van der Waals surface area contributed by atoms with Crippen LogP contribution in [0.2, 0.25) is 0 Å². The van der Waals surface area contributed by atoms with Crippen molar-refractivity contribution in [1.82, 2.24) is 0 Å². The molecule has 1 aromatic heterocycles. The van der Waals surface area contributed by atoms with E-state index in [-0.39, 0.29) is 11.5 Å². The monoisotopic (exact) mass is 237 g/mol. The van der Waals surface area contributed by atoms with Crippen molar-refractivity contribution in [2.24, 2.45) is 11.7 Å². The third kappa shape index (κ3) is 2.67. The summed E-state index contributed by atoms with van der Waals surface area (Å²) in [5, 5.41) is 0. The van der Waals surface area contributed by atoms with Crippen LogP contribution < -0.4 is 5.73 Å². The van der Waals surface area contributed by atoms with E-state index in [9.17, 15) is 0 Å². The summed E-state index contributed by atoms with van der Waals surface area (Å²) in [6, 6.07) is 4.75. The molecule has 0 spiro atoms. The molecule has 1 aliphatic carbocycles. The summed E-state index contributed by atoms with van der Waals surface area (Å²) >= 11 is 1.90. The van der Waals surface area contributed by atoms with Crippen LogP contribution in [0.5, 0.6) is 0 Å². The zero-order chi connectivity index (χ0) is 11.8. The number of thiophene rings is 1. The maximum absolute atomic E-state index is 6.27. The fourth-order valence-electron chi connectivity index (χ4n) is 2.16. The molecule has 1 aliphatic rings. The largest absolute Gasteiger partial charge is 0.323 e. The van der Waals surface area contributed by atoms with Crippen LogP contribution in [-0.4, -0.2) is 0 Å². The Morgan fingerprint density at radius 2 is 2.06 bits per heavy atom. The highest BCUT2D eigenvalue weighted by molar-refractivity contribution is 7.12. The van der Waals surface area contributed by atoms with Crippen molar-refractivity contribution in [3.05, 3.63) is 21.9 Å². The van der Waals surface area contributed by atoms with E-state index in [1.807, 2.05) is 11.3 Å². The number of nitrogens with two attached hydrogens (primary N) is 1. The summed E-state index contributed by atoms with van der Waals surface area (Å²) in [5.41, 5.74) is 6.54. The van der Waals surface area contributed by atoms with Crippen LogP contribution in [-0.2, 0) is 5.41 Å². The Hall–Kier alpha value is -0.340. The Morgan fingerprint density at radius 3 is 2.50 bits per heavy atom. The highest BCUT2D eigenvalue weighted by atomic mass is 32.1. The first kappa shape index (κ1) is 12.1. The van der Waals surface area contributed by atoms with Crippen molar-refractivity contribution >= 4 is 11.3 Å². The second kappa shape index (κ2) is 4.50. The van der Waals surface area contributed by atoms with Crippen LogP contribution in [0, 0.1) is 5.92 Å². The lowest BCUT2D eigenvalue weighted by Crippen LogP contribution is -2.19. The zero-order valence-corrected chi connectivity index (χ0v) is 11.4. The van der Waals surface area contributed by atoms with E-state index in [2.05, 4.69) is 32.9 Å². The van der Waals surface area contributed by atoms with Crippen molar-refractivity contribution in [2.75, 3.05) is 0 Å². The lowest BCUT2D eigenvalue weighted by atomic mass is 9.81. The minimum Gasteiger partial charge on any atom is -0.323 e. The molecule has 1 saturated carbocycles. The number of rotatable bonds is 3. The average molecular weight is 237 g/mol. The first-order chi connectivity index (χ1) is 7.47. The highest BCUT2D eigenvalue weighted by Gasteiger charge is 2.23. The van der Waals surface area contributed by atoms with Crippen molar-refractivity contribution < 1.29 is 0 Å². The molecule has 1 aromatic rings. The van der Waals surface area contributed by atoms with Crippen LogP contribution in [0.1, 0.15) is 62.3 Å². The van der Waals surface area contributed by atoms with E-state index in [1.165, 1.54) is 35.4 Å². The third-order valence-corrected chi connectivity index (χ3v) is 5.19. The van der Waals surface area contributed by atoms with Gasteiger partial charge in [0.2, 0.25) is 0 Å². The van der Waals surface area contributed by atoms with Gasteiger partial charge < -0.3 is 5.73 Å². The lowest BCUT2D eigenvalue weighted by Gasteiger charge is -2.27. The summed E-state index contributed by atoms with van der Waals surface area (Å²) in [7, 11) is 0. The molecule has 90 valence electrons. The molecule has 0 aliphatic heterocycles. The quantitative estimate of drug-likeness (QED) is 0.836. The van der Waals surface area contributed by atoms with Gasteiger partial charge in [-0.05, 0) is 29.9 Å². The first-order valence-electron chi connectivity index (χ1n) is 6.32. The van der Waals surface area contributed by atoms with E-state index in [0.29, 0.717) is 0 Å². The van der Waals surface area contributed by atoms with Gasteiger partial charge in [0.15, 0.2) is 0 Å². The van der Waals surface area contributed by atoms with Gasteiger partial charge in [-0.3, -0.25) is 0 Å². The van der Waals surface area contributed by atoms with Gasteiger partial charge in [0.1, 0.15) is 0 Å². The highest BCUT2D eigenvalue weighted by Crippen LogP contribution is 2.37. The minimum atomic E-state index is 0.263. The van der Waals surface area contributed by atoms with Gasteiger partial charge in [-0.25, -0.2) is 0 Å². The number of hydrogen-bond acceptors (Lipinski definition) is 2. The Balaban J connectivity index is 2.00. The van der Waals surface area contributed by atoms with E-state index in [0.717, 1.165) is 5.92 Å². The molecule has 0 bridgehead atoms. The molecule has 1 atom stereocenters. The molecule has 1 fully saturated rings. The van der Waals surface area contributed by atoms with E-state index >= 15 is 0 Å². The first-order valence-corrected chi connectivity index (χ1v) is 7.14. The number of hydrogen-bond donors (Lipinski definition) is 1. The zero-order valence-electron chi connectivity index (χ0n) is 10.6. The summed E-state index contributed by atoms with van der Waals surface area (Å²) < 4.78 is 0. The van der Waals surface area contributed by atoms with E-state index in [4.69, 9.17) is 5.73 Å². The van der Waals surface area contributed by atoms with Crippen LogP contribution in [0.4, 0.5) is 0 Å². The van der Waals surface area contributed by atoms with Gasteiger partial charge >= 0.3 is 0 Å². The molecule has 1 unspecified atom stereocenters. The molecule has 16 heavy (non-hydrogen) atoms. The van der Waals surface area contributed by atoms with E-state index in [1.54, 1.807) is 0 Å². The summed E-state index contributed by atoms with van der Waals surface area (Å²) in [4.78, 5) is 2.82. The van der Waals surface area contributed by atoms with Crippen molar-refractivity contribution in [2.45, 2.75) is 57.9 Å². The second-order valence-corrected chi connectivity index (χ2v) is 7.21. The van der Waals surface area contributed by atoms with Gasteiger partial charge in [-0.1, -0.05) is 40.0 Å². The van der Waals surface area contributed by atoms with Crippen LogP contribution in [0.25, 0.3) is 0 Å². The maximum atomic E-state index is 6.27. The third-order valence-electron chi connectivity index (χ3n) is 3.54. The van der Waals surface area contributed by atoms with Gasteiger partial charge in [0.05, 0.1) is 0 Å². The molecule has 1 nitrogen and oxygen atoms in total. The molecular weight excluding hydrogens is 214 g/mol. The van der Waals surface area contributed by atoms with Crippen LogP contribution in [0.15, 0.2) is 12.1 Å². The average Bonchev–Trinajstić information content (AvgIpc) is 2.58. The topological polar surface area (TPSA) is 26.0 Å². The predicted molar refractivity (Wildman–Crippen MR) is 71.9 cm³/mol. The van der Waals surface area contributed by atoms with Crippen molar-refractivity contribution in [3.63, 3.8) is 0 Å². The summed E-state index contributed by atoms with van der Waals surface area (Å²) in [5.74, 6) is 0.898. The van der Waals surface area contributed by atoms with E-state index < -0.39 is 0 Å². The lowest BCUT2D eigenvalue weighted by molar-refractivity contribution is 0.278. The summed E-state index contributed by atoms with van der Waals surface area (Å²) in [6.07, 6.45) is 5.38. The fraction of sp³-hybridized carbons (Fsp3) is 0.714. The van der Waals surface area contributed by atoms with Crippen LogP contribution in [0.3, 0.4) is 0 Å². The molecular formula is C14H23NS. The molecule has 2 rings (SSSR count). The van der Waals surface area contributed by atoms with Gasteiger partial charge in [0.25, 0.3) is 0 Å². The molecule has 2 heteroatoms. The van der Waals surface area contributed by atoms with Gasteiger partial charge in [0, 0.05) is 15.8 Å². The summed E-state index contributed by atoms with van der Waals surface area (Å²) in [6.45, 7) is 6.79. The van der Waals surface area contributed by atoms with Gasteiger partial charge in [-0.15, -0.1) is 11.3 Å². The van der Waals surface area contributed by atoms with Crippen molar-refractivity contribution in [3.8, 4) is 0 Å².